The van der Waals surface area contributed by atoms with Crippen LogP contribution in [0.1, 0.15) is 0 Å². The van der Waals surface area contributed by atoms with Crippen LogP contribution in [0.2, 0.25) is 6.55 Å². The smallest absolute Gasteiger partial charge is 0.247 e. The van der Waals surface area contributed by atoms with Gasteiger partial charge in [0.1, 0.15) is 31.9 Å². The summed E-state index contributed by atoms with van der Waals surface area (Å²) in [4.78, 5) is 8.52. The Bertz CT molecular complexity index is 1040. The van der Waals surface area contributed by atoms with Crippen LogP contribution in [0.3, 0.4) is 0 Å². The van der Waals surface area contributed by atoms with E-state index in [0.717, 1.165) is 10.4 Å². The molecule has 146 valence electrons. The fourth-order valence-corrected chi connectivity index (χ4v) is 6.59. The van der Waals surface area contributed by atoms with Gasteiger partial charge >= 0.3 is 0 Å². The molecule has 0 unspecified atom stereocenters. The van der Waals surface area contributed by atoms with Gasteiger partial charge in [-0.05, 0) is 36.4 Å². The highest BCUT2D eigenvalue weighted by atomic mass is 28.3. The lowest BCUT2D eigenvalue weighted by molar-refractivity contribution is 0.628. The fraction of sp³-hybridized carbons (Fsp3) is 0.0952. The van der Waals surface area contributed by atoms with Crippen molar-refractivity contribution < 1.29 is 8.78 Å². The van der Waals surface area contributed by atoms with E-state index in [2.05, 4.69) is 26.9 Å². The minimum Gasteiger partial charge on any atom is -0.307 e. The first-order valence-corrected chi connectivity index (χ1v) is 11.8. The summed E-state index contributed by atoms with van der Waals surface area (Å²) in [7, 11) is -2.38. The van der Waals surface area contributed by atoms with E-state index in [1.807, 2.05) is 18.2 Å². The first-order valence-electron chi connectivity index (χ1n) is 9.12. The van der Waals surface area contributed by atoms with Crippen molar-refractivity contribution in [1.82, 2.24) is 19.7 Å². The van der Waals surface area contributed by atoms with Gasteiger partial charge in [-0.15, -0.1) is 5.10 Å². The lowest BCUT2D eigenvalue weighted by Gasteiger charge is -2.28. The topological polar surface area (TPSA) is 55.6 Å². The molecule has 2 aromatic carbocycles. The van der Waals surface area contributed by atoms with Crippen LogP contribution in [0.15, 0.2) is 79.3 Å². The summed E-state index contributed by atoms with van der Waals surface area (Å²) >= 11 is 0. The van der Waals surface area contributed by atoms with E-state index in [1.165, 1.54) is 24.3 Å². The largest absolute Gasteiger partial charge is 0.307 e. The van der Waals surface area contributed by atoms with Crippen molar-refractivity contribution in [2.45, 2.75) is 12.7 Å². The Morgan fingerprint density at radius 1 is 0.862 bits per heavy atom. The van der Waals surface area contributed by atoms with Crippen LogP contribution in [-0.4, -0.2) is 27.8 Å². The molecule has 0 atom stereocenters. The predicted molar refractivity (Wildman–Crippen MR) is 111 cm³/mol. The molecule has 0 spiro atoms. The van der Waals surface area contributed by atoms with E-state index in [1.54, 1.807) is 41.5 Å². The maximum absolute atomic E-state index is 13.5. The quantitative estimate of drug-likeness (QED) is 0.499. The second kappa shape index (κ2) is 7.92. The van der Waals surface area contributed by atoms with Crippen molar-refractivity contribution in [3.63, 3.8) is 0 Å². The van der Waals surface area contributed by atoms with Gasteiger partial charge in [-0.3, -0.25) is 4.68 Å². The number of halogens is 2. The van der Waals surface area contributed by atoms with Crippen LogP contribution in [0.5, 0.6) is 0 Å². The predicted octanol–water partition coefficient (Wildman–Crippen LogP) is 3.13. The zero-order chi connectivity index (χ0) is 20.3. The zero-order valence-corrected chi connectivity index (χ0v) is 16.8. The van der Waals surface area contributed by atoms with Crippen LogP contribution in [0.4, 0.5) is 20.5 Å². The van der Waals surface area contributed by atoms with Crippen molar-refractivity contribution in [2.24, 2.45) is 0 Å². The number of pyridine rings is 1. The van der Waals surface area contributed by atoms with Crippen LogP contribution in [0, 0.1) is 11.6 Å². The molecule has 5 nitrogen and oxygen atoms in total. The lowest BCUT2D eigenvalue weighted by Crippen LogP contribution is -2.59. The molecule has 4 aromatic rings. The molecule has 0 bridgehead atoms. The molecular formula is C21H19F2N5Si. The van der Waals surface area contributed by atoms with Crippen molar-refractivity contribution >= 4 is 30.2 Å². The molecule has 0 saturated heterocycles. The minimum absolute atomic E-state index is 0.285. The molecule has 2 aromatic heterocycles. The van der Waals surface area contributed by atoms with Crippen molar-refractivity contribution in [3.05, 3.63) is 90.9 Å². The molecule has 0 aliphatic carbocycles. The molecule has 2 heterocycles. The van der Waals surface area contributed by atoms with Crippen molar-refractivity contribution in [1.29, 1.82) is 0 Å². The summed E-state index contributed by atoms with van der Waals surface area (Å²) in [6.45, 7) is 2.15. The summed E-state index contributed by atoms with van der Waals surface area (Å²) in [6.07, 6.45) is 3.91. The first-order chi connectivity index (χ1) is 14.0. The van der Waals surface area contributed by atoms with Gasteiger partial charge in [0.2, 0.25) is 5.95 Å². The van der Waals surface area contributed by atoms with Gasteiger partial charge in [0.15, 0.2) is 0 Å². The van der Waals surface area contributed by atoms with Crippen LogP contribution < -0.4 is 15.7 Å². The van der Waals surface area contributed by atoms with Crippen molar-refractivity contribution in [3.8, 4) is 0 Å². The SMILES string of the molecule is C[Si](Cn1cnc(Nc2ccccn2)n1)(c1ccc(F)cc1)c1ccc(F)cc1. The van der Waals surface area contributed by atoms with Gasteiger partial charge in [0.05, 0.1) is 0 Å². The summed E-state index contributed by atoms with van der Waals surface area (Å²) < 4.78 is 28.8. The summed E-state index contributed by atoms with van der Waals surface area (Å²) in [5.41, 5.74) is 0. The third kappa shape index (κ3) is 4.22. The Kier molecular flexibility index (Phi) is 5.18. The van der Waals surface area contributed by atoms with Gasteiger partial charge in [0, 0.05) is 12.4 Å². The van der Waals surface area contributed by atoms with Gasteiger partial charge in [-0.2, -0.15) is 0 Å². The Hall–Kier alpha value is -3.39. The lowest BCUT2D eigenvalue weighted by atomic mass is 10.3. The van der Waals surface area contributed by atoms with E-state index in [9.17, 15) is 8.78 Å². The third-order valence-electron chi connectivity index (χ3n) is 4.88. The number of hydrogen-bond acceptors (Lipinski definition) is 4. The summed E-state index contributed by atoms with van der Waals surface area (Å²) in [5, 5.41) is 9.64. The number of nitrogens with one attached hydrogen (secondary N) is 1. The summed E-state index contributed by atoms with van der Waals surface area (Å²) in [6, 6.07) is 18.6. The normalized spacial score (nSPS) is 11.4. The van der Waals surface area contributed by atoms with Crippen LogP contribution in [0.25, 0.3) is 0 Å². The van der Waals surface area contributed by atoms with E-state index >= 15 is 0 Å². The minimum atomic E-state index is -2.38. The molecule has 4 rings (SSSR count). The number of aromatic nitrogens is 4. The maximum atomic E-state index is 13.5. The first kappa shape index (κ1) is 18.9. The molecule has 0 radical (unpaired) electrons. The Labute approximate surface area is 168 Å². The molecule has 1 N–H and O–H groups in total. The van der Waals surface area contributed by atoms with Crippen LogP contribution >= 0.6 is 0 Å². The van der Waals surface area contributed by atoms with E-state index < -0.39 is 8.07 Å². The Balaban J connectivity index is 1.65. The second-order valence-corrected chi connectivity index (χ2v) is 11.1. The highest BCUT2D eigenvalue weighted by molar-refractivity contribution is 7.00. The molecule has 0 aliphatic rings. The van der Waals surface area contributed by atoms with Gasteiger partial charge < -0.3 is 5.32 Å². The highest BCUT2D eigenvalue weighted by Crippen LogP contribution is 2.12. The van der Waals surface area contributed by atoms with E-state index in [4.69, 9.17) is 0 Å². The number of anilines is 2. The highest BCUT2D eigenvalue weighted by Gasteiger charge is 2.33. The van der Waals surface area contributed by atoms with Gasteiger partial charge in [-0.25, -0.2) is 18.7 Å². The molecule has 0 aliphatic heterocycles. The summed E-state index contributed by atoms with van der Waals surface area (Å²) in [5.74, 6) is 0.527. The van der Waals surface area contributed by atoms with E-state index in [-0.39, 0.29) is 11.6 Å². The Morgan fingerprint density at radius 2 is 1.48 bits per heavy atom. The van der Waals surface area contributed by atoms with Gasteiger partial charge in [-0.1, -0.05) is 47.3 Å². The molecule has 0 fully saturated rings. The third-order valence-corrected chi connectivity index (χ3v) is 9.05. The molecule has 29 heavy (non-hydrogen) atoms. The number of nitrogens with zero attached hydrogens (tertiary/aromatic N) is 4. The Morgan fingerprint density at radius 3 is 2.03 bits per heavy atom. The second-order valence-electron chi connectivity index (χ2n) is 6.95. The zero-order valence-electron chi connectivity index (χ0n) is 15.8. The molecule has 8 heteroatoms. The number of hydrogen-bond donors (Lipinski definition) is 1. The number of benzene rings is 2. The van der Waals surface area contributed by atoms with Gasteiger partial charge in [0.25, 0.3) is 0 Å². The molecule has 0 amide bonds. The monoisotopic (exact) mass is 407 g/mol. The van der Waals surface area contributed by atoms with E-state index in [0.29, 0.717) is 17.9 Å². The van der Waals surface area contributed by atoms with Crippen LogP contribution in [-0.2, 0) is 6.17 Å². The standard InChI is InChI=1S/C21H19F2N5Si/c1-29(18-9-5-16(22)6-10-18,19-11-7-17(23)8-12-19)15-28-14-25-21(27-28)26-20-4-2-3-13-24-20/h2-14H,15H2,1H3,(H,24,26,27). The average Bonchev–Trinajstić information content (AvgIpc) is 3.16. The fourth-order valence-electron chi connectivity index (χ4n) is 3.29. The molecular weight excluding hydrogens is 388 g/mol. The maximum Gasteiger partial charge on any atom is 0.247 e. The van der Waals surface area contributed by atoms with Crippen molar-refractivity contribution in [2.75, 3.05) is 5.32 Å². The number of rotatable bonds is 6. The average molecular weight is 408 g/mol. The molecule has 0 saturated carbocycles.